The van der Waals surface area contributed by atoms with Crippen molar-refractivity contribution in [2.24, 2.45) is 5.92 Å². The number of aryl methyl sites for hydroxylation is 1. The molecule has 4 nitrogen and oxygen atoms in total. The summed E-state index contributed by atoms with van der Waals surface area (Å²) in [7, 11) is 0. The molecule has 0 aromatic carbocycles. The Bertz CT molecular complexity index is 545. The van der Waals surface area contributed by atoms with Crippen LogP contribution in [0, 0.1) is 5.92 Å². The number of aromatic nitrogens is 2. The summed E-state index contributed by atoms with van der Waals surface area (Å²) in [5.74, 6) is 2.08. The van der Waals surface area contributed by atoms with Crippen molar-refractivity contribution in [1.82, 2.24) is 9.97 Å². The van der Waals surface area contributed by atoms with Crippen molar-refractivity contribution in [2.75, 3.05) is 17.6 Å². The summed E-state index contributed by atoms with van der Waals surface area (Å²) in [5.41, 5.74) is 5.74. The van der Waals surface area contributed by atoms with Gasteiger partial charge in [-0.3, -0.25) is 0 Å². The SMILES string of the molecule is CCc1cc2c(NCC3CC3)nc(N)nc2s1. The molecule has 0 unspecified atom stereocenters. The van der Waals surface area contributed by atoms with Crippen molar-refractivity contribution in [3.8, 4) is 0 Å². The van der Waals surface area contributed by atoms with Crippen LogP contribution in [0.2, 0.25) is 0 Å². The van der Waals surface area contributed by atoms with Gasteiger partial charge in [-0.15, -0.1) is 11.3 Å². The average molecular weight is 248 g/mol. The van der Waals surface area contributed by atoms with Crippen LogP contribution in [0.5, 0.6) is 0 Å². The Balaban J connectivity index is 1.97. The van der Waals surface area contributed by atoms with E-state index >= 15 is 0 Å². The van der Waals surface area contributed by atoms with E-state index in [1.165, 1.54) is 17.7 Å². The zero-order valence-corrected chi connectivity index (χ0v) is 10.7. The summed E-state index contributed by atoms with van der Waals surface area (Å²) in [5, 5.41) is 4.52. The van der Waals surface area contributed by atoms with E-state index in [-0.39, 0.29) is 0 Å². The standard InChI is InChI=1S/C12H16N4S/c1-2-8-5-9-10(14-6-7-3-4-7)15-12(13)16-11(9)17-8/h5,7H,2-4,6H2,1H3,(H3,13,14,15,16). The number of nitrogens with zero attached hydrogens (tertiary/aromatic N) is 2. The molecular weight excluding hydrogens is 232 g/mol. The molecule has 0 radical (unpaired) electrons. The summed E-state index contributed by atoms with van der Waals surface area (Å²) < 4.78 is 0. The van der Waals surface area contributed by atoms with E-state index < -0.39 is 0 Å². The minimum absolute atomic E-state index is 0.361. The van der Waals surface area contributed by atoms with Crippen LogP contribution in [0.1, 0.15) is 24.6 Å². The topological polar surface area (TPSA) is 63.8 Å². The third-order valence-electron chi connectivity index (χ3n) is 3.06. The van der Waals surface area contributed by atoms with E-state index in [9.17, 15) is 0 Å². The predicted molar refractivity (Wildman–Crippen MR) is 72.4 cm³/mol. The Morgan fingerprint density at radius 2 is 2.29 bits per heavy atom. The number of thiophene rings is 1. The van der Waals surface area contributed by atoms with E-state index in [0.29, 0.717) is 5.95 Å². The third-order valence-corrected chi connectivity index (χ3v) is 4.24. The first kappa shape index (κ1) is 10.8. The van der Waals surface area contributed by atoms with E-state index in [4.69, 9.17) is 5.73 Å². The maximum atomic E-state index is 5.74. The van der Waals surface area contributed by atoms with Crippen LogP contribution in [0.4, 0.5) is 11.8 Å². The molecule has 0 spiro atoms. The predicted octanol–water partition coefficient (Wildman–Crippen LogP) is 2.66. The molecule has 1 aliphatic rings. The maximum Gasteiger partial charge on any atom is 0.223 e. The summed E-state index contributed by atoms with van der Waals surface area (Å²) in [6.07, 6.45) is 3.70. The Hall–Kier alpha value is -1.36. The number of rotatable bonds is 4. The highest BCUT2D eigenvalue weighted by molar-refractivity contribution is 7.18. The molecule has 2 heterocycles. The number of nitrogens with two attached hydrogens (primary N) is 1. The molecule has 0 aliphatic heterocycles. The highest BCUT2D eigenvalue weighted by Gasteiger charge is 2.21. The van der Waals surface area contributed by atoms with Gasteiger partial charge in [-0.25, -0.2) is 4.98 Å². The molecule has 1 fully saturated rings. The molecule has 2 aromatic heterocycles. The molecule has 17 heavy (non-hydrogen) atoms. The zero-order valence-electron chi connectivity index (χ0n) is 9.86. The van der Waals surface area contributed by atoms with Gasteiger partial charge >= 0.3 is 0 Å². The number of fused-ring (bicyclic) bond motifs is 1. The number of hydrogen-bond donors (Lipinski definition) is 2. The molecule has 1 aliphatic carbocycles. The van der Waals surface area contributed by atoms with Crippen LogP contribution < -0.4 is 11.1 Å². The lowest BCUT2D eigenvalue weighted by Crippen LogP contribution is -2.07. The Morgan fingerprint density at radius 3 is 3.00 bits per heavy atom. The maximum absolute atomic E-state index is 5.74. The monoisotopic (exact) mass is 248 g/mol. The van der Waals surface area contributed by atoms with Crippen LogP contribution in [0.25, 0.3) is 10.2 Å². The van der Waals surface area contributed by atoms with Crippen LogP contribution in [0.15, 0.2) is 6.07 Å². The van der Waals surface area contributed by atoms with E-state index in [2.05, 4.69) is 28.3 Å². The third kappa shape index (κ3) is 2.20. The average Bonchev–Trinajstić information content (AvgIpc) is 3.04. The van der Waals surface area contributed by atoms with Crippen molar-refractivity contribution >= 4 is 33.3 Å². The van der Waals surface area contributed by atoms with Crippen LogP contribution in [-0.4, -0.2) is 16.5 Å². The lowest BCUT2D eigenvalue weighted by atomic mass is 10.3. The molecule has 0 saturated heterocycles. The molecule has 90 valence electrons. The second-order valence-electron chi connectivity index (χ2n) is 4.54. The van der Waals surface area contributed by atoms with Crippen LogP contribution >= 0.6 is 11.3 Å². The van der Waals surface area contributed by atoms with E-state index in [0.717, 1.165) is 34.9 Å². The van der Waals surface area contributed by atoms with Gasteiger partial charge < -0.3 is 11.1 Å². The smallest absolute Gasteiger partial charge is 0.223 e. The van der Waals surface area contributed by atoms with E-state index in [1.54, 1.807) is 11.3 Å². The van der Waals surface area contributed by atoms with Crippen LogP contribution in [-0.2, 0) is 6.42 Å². The normalized spacial score (nSPS) is 15.4. The van der Waals surface area contributed by atoms with Crippen molar-refractivity contribution in [3.63, 3.8) is 0 Å². The molecule has 2 aromatic rings. The fourth-order valence-corrected chi connectivity index (χ4v) is 2.83. The first-order valence-electron chi connectivity index (χ1n) is 6.06. The molecule has 1 saturated carbocycles. The van der Waals surface area contributed by atoms with Gasteiger partial charge in [0.2, 0.25) is 5.95 Å². The van der Waals surface area contributed by atoms with Gasteiger partial charge in [-0.05, 0) is 31.2 Å². The Labute approximate surface area is 104 Å². The van der Waals surface area contributed by atoms with Crippen molar-refractivity contribution < 1.29 is 0 Å². The van der Waals surface area contributed by atoms with E-state index in [1.807, 2.05) is 0 Å². The van der Waals surface area contributed by atoms with Gasteiger partial charge in [-0.1, -0.05) is 6.92 Å². The minimum Gasteiger partial charge on any atom is -0.369 e. The van der Waals surface area contributed by atoms with Gasteiger partial charge in [0.25, 0.3) is 0 Å². The number of nitrogens with one attached hydrogen (secondary N) is 1. The highest BCUT2D eigenvalue weighted by atomic mass is 32.1. The summed E-state index contributed by atoms with van der Waals surface area (Å²) in [6.45, 7) is 3.15. The van der Waals surface area contributed by atoms with Gasteiger partial charge in [-0.2, -0.15) is 4.98 Å². The second-order valence-corrected chi connectivity index (χ2v) is 5.65. The number of nitrogen functional groups attached to an aromatic ring is 1. The summed E-state index contributed by atoms with van der Waals surface area (Å²) in [4.78, 5) is 10.9. The second kappa shape index (κ2) is 4.14. The molecule has 5 heteroatoms. The molecular formula is C12H16N4S. The van der Waals surface area contributed by atoms with Crippen molar-refractivity contribution in [1.29, 1.82) is 0 Å². The van der Waals surface area contributed by atoms with Gasteiger partial charge in [0.05, 0.1) is 5.39 Å². The van der Waals surface area contributed by atoms with Crippen molar-refractivity contribution in [3.05, 3.63) is 10.9 Å². The minimum atomic E-state index is 0.361. The molecule has 3 N–H and O–H groups in total. The molecule has 3 rings (SSSR count). The van der Waals surface area contributed by atoms with Crippen molar-refractivity contribution in [2.45, 2.75) is 26.2 Å². The quantitative estimate of drug-likeness (QED) is 0.873. The highest BCUT2D eigenvalue weighted by Crippen LogP contribution is 2.32. The summed E-state index contributed by atoms with van der Waals surface area (Å²) in [6, 6.07) is 2.18. The fraction of sp³-hybridized carbons (Fsp3) is 0.500. The molecule has 0 amide bonds. The Morgan fingerprint density at radius 1 is 1.47 bits per heavy atom. The first-order chi connectivity index (χ1) is 8.26. The molecule has 0 bridgehead atoms. The first-order valence-corrected chi connectivity index (χ1v) is 6.87. The largest absolute Gasteiger partial charge is 0.369 e. The summed E-state index contributed by atoms with van der Waals surface area (Å²) >= 11 is 1.70. The van der Waals surface area contributed by atoms with Gasteiger partial charge in [0, 0.05) is 11.4 Å². The lowest BCUT2D eigenvalue weighted by molar-refractivity contribution is 0.884. The van der Waals surface area contributed by atoms with Gasteiger partial charge in [0.1, 0.15) is 10.6 Å². The zero-order chi connectivity index (χ0) is 11.8. The van der Waals surface area contributed by atoms with Crippen LogP contribution in [0.3, 0.4) is 0 Å². The number of anilines is 2. The fourth-order valence-electron chi connectivity index (χ4n) is 1.86. The molecule has 0 atom stereocenters. The Kier molecular flexibility index (Phi) is 2.63. The van der Waals surface area contributed by atoms with Gasteiger partial charge in [0.15, 0.2) is 0 Å². The number of hydrogen-bond acceptors (Lipinski definition) is 5. The lowest BCUT2D eigenvalue weighted by Gasteiger charge is -2.05.